The van der Waals surface area contributed by atoms with Gasteiger partial charge in [-0.15, -0.1) is 0 Å². The average Bonchev–Trinajstić information content (AvgIpc) is 3.94. The lowest BCUT2D eigenvalue weighted by Gasteiger charge is -2.44. The number of nitrogens with one attached hydrogen (secondary N) is 2. The normalized spacial score (nSPS) is 24.1. The maximum atomic E-state index is 11.5. The molecule has 10 heteroatoms. The van der Waals surface area contributed by atoms with Crippen LogP contribution in [0.5, 0.6) is 28.7 Å². The van der Waals surface area contributed by atoms with Gasteiger partial charge < -0.3 is 39.6 Å². The molecule has 4 aromatic carbocycles. The predicted octanol–water partition coefficient (Wildman–Crippen LogP) is 5.46. The number of nitrogens with zero attached hydrogens (tertiary/aromatic N) is 1. The number of phenols is 2. The summed E-state index contributed by atoms with van der Waals surface area (Å²) in [6, 6.07) is 16.4. The lowest BCUT2D eigenvalue weighted by Crippen LogP contribution is -2.39. The largest absolute Gasteiger partial charge is 0.507 e. The Bertz CT molecular complexity index is 2400. The quantitative estimate of drug-likeness (QED) is 0.133. The molecule has 0 amide bonds. The van der Waals surface area contributed by atoms with E-state index in [1.54, 1.807) is 13.2 Å². The summed E-state index contributed by atoms with van der Waals surface area (Å²) in [6.07, 6.45) is 10.7. The molecular weight excluding hydrogens is 719 g/mol. The molecule has 10 nitrogen and oxygen atoms in total. The third kappa shape index (κ3) is 6.20. The van der Waals surface area contributed by atoms with Crippen LogP contribution in [0.25, 0.3) is 23.3 Å². The highest BCUT2D eigenvalue weighted by Gasteiger charge is 2.45. The zero-order chi connectivity index (χ0) is 38.8. The van der Waals surface area contributed by atoms with E-state index < -0.39 is 6.10 Å². The number of hydrogen-bond acceptors (Lipinski definition) is 10. The van der Waals surface area contributed by atoms with Gasteiger partial charge in [0.25, 0.3) is 0 Å². The molecule has 0 spiro atoms. The Labute approximate surface area is 332 Å². The second-order valence-corrected chi connectivity index (χ2v) is 16.5. The summed E-state index contributed by atoms with van der Waals surface area (Å²) in [5.41, 5.74) is 10.7. The van der Waals surface area contributed by atoms with Crippen LogP contribution in [0.1, 0.15) is 89.0 Å². The molecule has 5 N–H and O–H groups in total. The summed E-state index contributed by atoms with van der Waals surface area (Å²) in [5, 5.41) is 41.8. The summed E-state index contributed by atoms with van der Waals surface area (Å²) in [5.74, 6) is 2.38. The minimum Gasteiger partial charge on any atom is -0.507 e. The number of methoxy groups -OCH3 is 1. The first-order chi connectivity index (χ1) is 27.9. The van der Waals surface area contributed by atoms with Crippen molar-refractivity contribution in [2.24, 2.45) is 4.99 Å². The molecule has 0 bridgehead atoms. The van der Waals surface area contributed by atoms with Gasteiger partial charge in [0.1, 0.15) is 29.5 Å². The van der Waals surface area contributed by atoms with Crippen LogP contribution in [-0.4, -0.2) is 74.2 Å². The van der Waals surface area contributed by atoms with Crippen molar-refractivity contribution in [1.29, 1.82) is 0 Å². The number of aromatic hydroxyl groups is 2. The molecule has 5 unspecified atom stereocenters. The fourth-order valence-corrected chi connectivity index (χ4v) is 10.6. The van der Waals surface area contributed by atoms with E-state index in [4.69, 9.17) is 18.9 Å². The number of likely N-dealkylation sites (N-methyl/N-ethyl adjacent to an activating group) is 1. The van der Waals surface area contributed by atoms with Crippen molar-refractivity contribution < 1.29 is 34.3 Å². The second kappa shape index (κ2) is 14.8. The van der Waals surface area contributed by atoms with Crippen molar-refractivity contribution in [1.82, 2.24) is 10.6 Å². The van der Waals surface area contributed by atoms with Crippen molar-refractivity contribution in [3.05, 3.63) is 104 Å². The van der Waals surface area contributed by atoms with Crippen LogP contribution in [0.15, 0.2) is 59.1 Å². The van der Waals surface area contributed by atoms with Crippen molar-refractivity contribution in [2.45, 2.75) is 87.6 Å². The Morgan fingerprint density at radius 1 is 0.895 bits per heavy atom. The van der Waals surface area contributed by atoms with Crippen LogP contribution in [0.4, 0.5) is 0 Å². The van der Waals surface area contributed by atoms with Gasteiger partial charge in [0.2, 0.25) is 0 Å². The molecule has 3 aliphatic carbocycles. The third-order valence-electron chi connectivity index (χ3n) is 13.3. The monoisotopic (exact) mass is 769 g/mol. The maximum Gasteiger partial charge on any atom is 0.160 e. The van der Waals surface area contributed by atoms with Crippen molar-refractivity contribution >= 4 is 12.2 Å². The molecule has 10 rings (SSSR count). The van der Waals surface area contributed by atoms with Crippen LogP contribution >= 0.6 is 0 Å². The van der Waals surface area contributed by atoms with Crippen LogP contribution in [0.2, 0.25) is 0 Å². The minimum atomic E-state index is -0.477. The van der Waals surface area contributed by atoms with Crippen molar-refractivity contribution in [3.8, 4) is 39.9 Å². The highest BCUT2D eigenvalue weighted by molar-refractivity contribution is 5.89. The highest BCUT2D eigenvalue weighted by atomic mass is 16.6. The summed E-state index contributed by atoms with van der Waals surface area (Å²) in [7, 11) is 3.54. The molecule has 1 fully saturated rings. The Balaban J connectivity index is 1.16. The molecular formula is C47H51N3O7. The molecule has 5 atom stereocenters. The second-order valence-electron chi connectivity index (χ2n) is 16.5. The maximum absolute atomic E-state index is 11.5. The first-order valence-corrected chi connectivity index (χ1v) is 20.7. The number of aliphatic hydroxyl groups is 1. The van der Waals surface area contributed by atoms with Gasteiger partial charge in [-0.2, -0.15) is 0 Å². The van der Waals surface area contributed by atoms with E-state index >= 15 is 0 Å². The van der Waals surface area contributed by atoms with E-state index in [2.05, 4.69) is 52.0 Å². The Hall–Kier alpha value is -4.87. The molecule has 296 valence electrons. The number of aliphatic hydroxyl groups excluding tert-OH is 1. The topological polar surface area (TPSA) is 134 Å². The number of fused-ring (bicyclic) bond motifs is 8. The van der Waals surface area contributed by atoms with Gasteiger partial charge in [0.15, 0.2) is 17.6 Å². The SMILES string of the molecule is CNCC1=Cc2c(O)ccc3c2C(Cc2c4c(c5c(c2-3)OC(CO)CC5)OC(c2ccc(O)c(OC)c2)C(OCNC2CCCC2)C4)C1c1ccc2c(c1)=CCN=2. The zero-order valence-electron chi connectivity index (χ0n) is 32.6. The van der Waals surface area contributed by atoms with Gasteiger partial charge in [0, 0.05) is 47.2 Å². The standard InChI is InChI=1S/C47H51N3O7/c1-48-22-28-18-35-38(52)14-11-31-43(35)36(42(28)26-7-12-37-25(17-26)15-16-49-37)20-33-34-21-41(55-24-50-29-5-3-4-6-29)45(27-8-13-39(53)40(19-27)54-2)57-46(34)32-10-9-30(23-51)56-47(32)44(31)33/h7-8,11-15,17-19,29-30,36,41-42,45,48,50-53H,3-6,9-10,16,20-24H2,1-2H3. The van der Waals surface area contributed by atoms with E-state index in [-0.39, 0.29) is 42.1 Å². The molecule has 6 aliphatic rings. The predicted molar refractivity (Wildman–Crippen MR) is 218 cm³/mol. The van der Waals surface area contributed by atoms with Crippen molar-refractivity contribution in [3.63, 3.8) is 0 Å². The molecule has 0 radical (unpaired) electrons. The summed E-state index contributed by atoms with van der Waals surface area (Å²) >= 11 is 0. The van der Waals surface area contributed by atoms with Gasteiger partial charge in [-0.25, -0.2) is 0 Å². The van der Waals surface area contributed by atoms with E-state index in [1.165, 1.54) is 34.8 Å². The van der Waals surface area contributed by atoms with Gasteiger partial charge in [-0.3, -0.25) is 10.3 Å². The smallest absolute Gasteiger partial charge is 0.160 e. The fourth-order valence-electron chi connectivity index (χ4n) is 10.6. The van der Waals surface area contributed by atoms with E-state index in [0.29, 0.717) is 57.3 Å². The summed E-state index contributed by atoms with van der Waals surface area (Å²) < 4.78 is 26.4. The fraction of sp³-hybridized carbons (Fsp3) is 0.426. The van der Waals surface area contributed by atoms with Gasteiger partial charge in [-0.05, 0) is 120 Å². The average molecular weight is 770 g/mol. The van der Waals surface area contributed by atoms with Gasteiger partial charge in [-0.1, -0.05) is 37.1 Å². The zero-order valence-corrected chi connectivity index (χ0v) is 32.6. The number of hydrogen-bond donors (Lipinski definition) is 5. The first-order valence-electron chi connectivity index (χ1n) is 20.7. The number of ether oxygens (including phenoxy) is 4. The summed E-state index contributed by atoms with van der Waals surface area (Å²) in [4.78, 5) is 4.68. The van der Waals surface area contributed by atoms with Crippen molar-refractivity contribution in [2.75, 3.05) is 40.6 Å². The lowest BCUT2D eigenvalue weighted by molar-refractivity contribution is -0.0476. The lowest BCUT2D eigenvalue weighted by atomic mass is 9.63. The highest BCUT2D eigenvalue weighted by Crippen LogP contribution is 2.60. The molecule has 4 aromatic rings. The minimum absolute atomic E-state index is 0.0150. The molecule has 0 aromatic heterocycles. The first kappa shape index (κ1) is 36.5. The molecule has 3 heterocycles. The van der Waals surface area contributed by atoms with Gasteiger partial charge in [0.05, 0.1) is 32.3 Å². The van der Waals surface area contributed by atoms with Crippen LogP contribution < -0.4 is 35.4 Å². The Morgan fingerprint density at radius 2 is 1.74 bits per heavy atom. The Morgan fingerprint density at radius 3 is 2.56 bits per heavy atom. The van der Waals surface area contributed by atoms with E-state index in [0.717, 1.165) is 68.6 Å². The van der Waals surface area contributed by atoms with Crippen LogP contribution in [0, 0.1) is 0 Å². The third-order valence-corrected chi connectivity index (χ3v) is 13.3. The van der Waals surface area contributed by atoms with E-state index in [1.807, 2.05) is 25.2 Å². The Kier molecular flexibility index (Phi) is 9.48. The number of benzene rings is 4. The van der Waals surface area contributed by atoms with Crippen LogP contribution in [-0.2, 0) is 24.0 Å². The molecule has 1 saturated carbocycles. The molecule has 57 heavy (non-hydrogen) atoms. The number of phenolic OH excluding ortho intramolecular Hbond substituents is 2. The summed E-state index contributed by atoms with van der Waals surface area (Å²) in [6.45, 7) is 1.70. The van der Waals surface area contributed by atoms with Crippen LogP contribution in [0.3, 0.4) is 0 Å². The van der Waals surface area contributed by atoms with Gasteiger partial charge >= 0.3 is 0 Å². The molecule has 0 saturated heterocycles. The number of rotatable bonds is 10. The molecule has 3 aliphatic heterocycles. The van der Waals surface area contributed by atoms with E-state index in [9.17, 15) is 15.3 Å².